The minimum absolute atomic E-state index is 0.158. The molecule has 0 saturated heterocycles. The predicted molar refractivity (Wildman–Crippen MR) is 110 cm³/mol. The Kier molecular flexibility index (Phi) is 4.00. The Morgan fingerprint density at radius 2 is 1.72 bits per heavy atom. The van der Waals surface area contributed by atoms with Gasteiger partial charge in [0.2, 0.25) is 0 Å². The first-order valence-corrected chi connectivity index (χ1v) is 9.49. The normalized spacial score (nSPS) is 12.8. The SMILES string of the molecule is Cc1cc(Cl)ccc1OCc1nc2c3c(ccc2[nH]1)C(=O)c1ccccc1C3=O. The van der Waals surface area contributed by atoms with Gasteiger partial charge in [0.05, 0.1) is 11.1 Å². The van der Waals surface area contributed by atoms with Crippen LogP contribution in [-0.2, 0) is 6.61 Å². The van der Waals surface area contributed by atoms with E-state index >= 15 is 0 Å². The first kappa shape index (κ1) is 17.6. The highest BCUT2D eigenvalue weighted by Gasteiger charge is 2.31. The Hall–Kier alpha value is -3.44. The molecule has 0 atom stereocenters. The molecule has 1 aliphatic carbocycles. The summed E-state index contributed by atoms with van der Waals surface area (Å²) < 4.78 is 5.85. The van der Waals surface area contributed by atoms with Crippen molar-refractivity contribution in [2.45, 2.75) is 13.5 Å². The van der Waals surface area contributed by atoms with Gasteiger partial charge < -0.3 is 9.72 Å². The van der Waals surface area contributed by atoms with Gasteiger partial charge >= 0.3 is 0 Å². The summed E-state index contributed by atoms with van der Waals surface area (Å²) in [6.45, 7) is 2.11. The number of ether oxygens (including phenoxy) is 1. The number of carbonyl (C=O) groups is 2. The van der Waals surface area contributed by atoms with Crippen LogP contribution in [0.25, 0.3) is 11.0 Å². The van der Waals surface area contributed by atoms with Crippen molar-refractivity contribution in [3.63, 3.8) is 0 Å². The smallest absolute Gasteiger partial charge is 0.196 e. The van der Waals surface area contributed by atoms with Gasteiger partial charge in [-0.15, -0.1) is 0 Å². The molecule has 0 spiro atoms. The Morgan fingerprint density at radius 1 is 0.966 bits per heavy atom. The van der Waals surface area contributed by atoms with Gasteiger partial charge in [-0.1, -0.05) is 35.9 Å². The summed E-state index contributed by atoms with van der Waals surface area (Å²) >= 11 is 5.98. The van der Waals surface area contributed by atoms with E-state index in [0.29, 0.717) is 49.9 Å². The number of hydrogen-bond acceptors (Lipinski definition) is 4. The number of aryl methyl sites for hydroxylation is 1. The first-order chi connectivity index (χ1) is 14.0. The standard InChI is InChI=1S/C23H15ClN2O3/c1-12-10-13(24)6-9-18(12)29-11-19-25-17-8-7-16-20(21(17)26-19)23(28)15-5-3-2-4-14(15)22(16)27/h2-10H,11H2,1H3,(H,25,26). The van der Waals surface area contributed by atoms with Gasteiger partial charge in [0.1, 0.15) is 23.7 Å². The molecule has 6 heteroatoms. The van der Waals surface area contributed by atoms with Crippen molar-refractivity contribution in [1.82, 2.24) is 9.97 Å². The highest BCUT2D eigenvalue weighted by Crippen LogP contribution is 2.32. The number of rotatable bonds is 3. The van der Waals surface area contributed by atoms with Crippen molar-refractivity contribution in [3.8, 4) is 5.75 Å². The molecule has 0 bridgehead atoms. The van der Waals surface area contributed by atoms with E-state index in [1.54, 1.807) is 48.5 Å². The zero-order chi connectivity index (χ0) is 20.1. The molecule has 0 saturated carbocycles. The maximum absolute atomic E-state index is 13.1. The van der Waals surface area contributed by atoms with Gasteiger partial charge in [-0.05, 0) is 42.8 Å². The lowest BCUT2D eigenvalue weighted by Gasteiger charge is -2.17. The molecule has 5 rings (SSSR count). The van der Waals surface area contributed by atoms with E-state index in [2.05, 4.69) is 9.97 Å². The number of halogens is 1. The Bertz CT molecular complexity index is 1320. The molecular weight excluding hydrogens is 388 g/mol. The van der Waals surface area contributed by atoms with Crippen LogP contribution < -0.4 is 4.74 Å². The van der Waals surface area contributed by atoms with Crippen molar-refractivity contribution < 1.29 is 14.3 Å². The van der Waals surface area contributed by atoms with Crippen LogP contribution in [0.5, 0.6) is 5.75 Å². The van der Waals surface area contributed by atoms with Gasteiger partial charge in [0.15, 0.2) is 11.6 Å². The molecule has 5 nitrogen and oxygen atoms in total. The lowest BCUT2D eigenvalue weighted by Crippen LogP contribution is -2.21. The molecule has 1 aliphatic rings. The Morgan fingerprint density at radius 3 is 2.48 bits per heavy atom. The summed E-state index contributed by atoms with van der Waals surface area (Å²) in [5.41, 5.74) is 3.67. The molecule has 142 valence electrons. The van der Waals surface area contributed by atoms with Crippen molar-refractivity contribution in [3.05, 3.63) is 93.3 Å². The third-order valence-corrected chi connectivity index (χ3v) is 5.33. The van der Waals surface area contributed by atoms with Crippen molar-refractivity contribution in [2.24, 2.45) is 0 Å². The summed E-state index contributed by atoms with van der Waals surface area (Å²) in [4.78, 5) is 33.7. The van der Waals surface area contributed by atoms with Crippen LogP contribution in [0.3, 0.4) is 0 Å². The second-order valence-corrected chi connectivity index (χ2v) is 7.41. The molecule has 4 aromatic rings. The van der Waals surface area contributed by atoms with Crippen molar-refractivity contribution >= 4 is 34.2 Å². The summed E-state index contributed by atoms with van der Waals surface area (Å²) in [5.74, 6) is 0.932. The van der Waals surface area contributed by atoms with E-state index in [-0.39, 0.29) is 18.2 Å². The summed E-state index contributed by atoms with van der Waals surface area (Å²) in [6, 6.07) is 15.7. The number of nitrogens with one attached hydrogen (secondary N) is 1. The van der Waals surface area contributed by atoms with E-state index in [0.717, 1.165) is 5.56 Å². The summed E-state index contributed by atoms with van der Waals surface area (Å²) in [5, 5.41) is 0.647. The Labute approximate surface area is 171 Å². The van der Waals surface area contributed by atoms with Crippen LogP contribution in [0.2, 0.25) is 5.02 Å². The second-order valence-electron chi connectivity index (χ2n) is 6.97. The third kappa shape index (κ3) is 2.82. The van der Waals surface area contributed by atoms with E-state index in [1.165, 1.54) is 0 Å². The highest BCUT2D eigenvalue weighted by atomic mass is 35.5. The molecule has 3 aromatic carbocycles. The summed E-state index contributed by atoms with van der Waals surface area (Å²) in [7, 11) is 0. The number of fused-ring (bicyclic) bond motifs is 4. The lowest BCUT2D eigenvalue weighted by atomic mass is 9.83. The van der Waals surface area contributed by atoms with Gasteiger partial charge in [0, 0.05) is 21.7 Å². The average molecular weight is 403 g/mol. The van der Waals surface area contributed by atoms with E-state index in [4.69, 9.17) is 16.3 Å². The minimum atomic E-state index is -0.187. The maximum atomic E-state index is 13.1. The van der Waals surface area contributed by atoms with Crippen LogP contribution in [0.1, 0.15) is 43.2 Å². The quantitative estimate of drug-likeness (QED) is 0.467. The fraction of sp³-hybridized carbons (Fsp3) is 0.0870. The molecule has 0 aliphatic heterocycles. The van der Waals surface area contributed by atoms with Crippen LogP contribution in [0.4, 0.5) is 0 Å². The zero-order valence-corrected chi connectivity index (χ0v) is 16.2. The largest absolute Gasteiger partial charge is 0.485 e. The second kappa shape index (κ2) is 6.57. The number of hydrogen-bond donors (Lipinski definition) is 1. The van der Waals surface area contributed by atoms with E-state index in [9.17, 15) is 9.59 Å². The monoisotopic (exact) mass is 402 g/mol. The van der Waals surface area contributed by atoms with Crippen LogP contribution in [0.15, 0.2) is 54.6 Å². The van der Waals surface area contributed by atoms with Gasteiger partial charge in [0.25, 0.3) is 0 Å². The predicted octanol–water partition coefficient (Wildman–Crippen LogP) is 4.88. The fourth-order valence-electron chi connectivity index (χ4n) is 3.69. The van der Waals surface area contributed by atoms with Crippen molar-refractivity contribution in [1.29, 1.82) is 0 Å². The molecule has 0 radical (unpaired) electrons. The van der Waals surface area contributed by atoms with Crippen LogP contribution >= 0.6 is 11.6 Å². The number of ketones is 2. The maximum Gasteiger partial charge on any atom is 0.196 e. The van der Waals surface area contributed by atoms with Crippen LogP contribution in [-0.4, -0.2) is 21.5 Å². The fourth-order valence-corrected chi connectivity index (χ4v) is 3.92. The molecule has 0 fully saturated rings. The van der Waals surface area contributed by atoms with E-state index in [1.807, 2.05) is 13.0 Å². The number of aromatic nitrogens is 2. The average Bonchev–Trinajstić information content (AvgIpc) is 3.14. The Balaban J connectivity index is 1.53. The lowest BCUT2D eigenvalue weighted by molar-refractivity contribution is 0.0980. The van der Waals surface area contributed by atoms with Crippen LogP contribution in [0, 0.1) is 6.92 Å². The first-order valence-electron chi connectivity index (χ1n) is 9.12. The number of aromatic amines is 1. The number of benzene rings is 3. The van der Waals surface area contributed by atoms with Gasteiger partial charge in [-0.2, -0.15) is 0 Å². The molecule has 0 amide bonds. The number of imidazole rings is 1. The number of H-pyrrole nitrogens is 1. The molecular formula is C23H15ClN2O3. The molecule has 1 N–H and O–H groups in total. The number of nitrogens with zero attached hydrogens (tertiary/aromatic N) is 1. The van der Waals surface area contributed by atoms with Gasteiger partial charge in [-0.25, -0.2) is 4.98 Å². The number of carbonyl (C=O) groups excluding carboxylic acids is 2. The minimum Gasteiger partial charge on any atom is -0.485 e. The van der Waals surface area contributed by atoms with Crippen molar-refractivity contribution in [2.75, 3.05) is 0 Å². The molecule has 29 heavy (non-hydrogen) atoms. The molecule has 0 unspecified atom stereocenters. The summed E-state index contributed by atoms with van der Waals surface area (Å²) in [6.07, 6.45) is 0. The van der Waals surface area contributed by atoms with Gasteiger partial charge in [-0.3, -0.25) is 9.59 Å². The topological polar surface area (TPSA) is 72.0 Å². The molecule has 1 aromatic heterocycles. The highest BCUT2D eigenvalue weighted by molar-refractivity contribution is 6.31. The van der Waals surface area contributed by atoms with E-state index < -0.39 is 0 Å². The zero-order valence-electron chi connectivity index (χ0n) is 15.5. The molecule has 1 heterocycles. The third-order valence-electron chi connectivity index (χ3n) is 5.09.